The molecule has 2 aliphatic rings. The van der Waals surface area contributed by atoms with Gasteiger partial charge in [-0.2, -0.15) is 0 Å². The third-order valence-electron chi connectivity index (χ3n) is 6.21. The van der Waals surface area contributed by atoms with Crippen molar-refractivity contribution >= 4 is 6.03 Å². The molecule has 6 nitrogen and oxygen atoms in total. The molecule has 156 valence electrons. The SMILES string of the molecule is Cc1cc(C2CCCN2C(=O)NCc2cccc(CN3CCC(C)CC3)c2)on1. The molecular formula is C23H32N4O2. The van der Waals surface area contributed by atoms with Crippen LogP contribution in [0.25, 0.3) is 0 Å². The van der Waals surface area contributed by atoms with E-state index in [1.54, 1.807) is 0 Å². The minimum absolute atomic E-state index is 0.0102. The second kappa shape index (κ2) is 8.99. The summed E-state index contributed by atoms with van der Waals surface area (Å²) in [4.78, 5) is 17.2. The number of rotatable bonds is 5. The molecular weight excluding hydrogens is 364 g/mol. The first kappa shape index (κ1) is 20.0. The molecule has 1 unspecified atom stereocenters. The molecule has 1 atom stereocenters. The van der Waals surface area contributed by atoms with Crippen molar-refractivity contribution in [3.05, 3.63) is 52.9 Å². The first-order valence-corrected chi connectivity index (χ1v) is 10.9. The molecule has 2 aromatic rings. The molecule has 0 bridgehead atoms. The van der Waals surface area contributed by atoms with Gasteiger partial charge in [-0.25, -0.2) is 4.79 Å². The Morgan fingerprint density at radius 2 is 1.97 bits per heavy atom. The van der Waals surface area contributed by atoms with Crippen molar-refractivity contribution in [1.29, 1.82) is 0 Å². The zero-order valence-corrected chi connectivity index (χ0v) is 17.6. The number of likely N-dealkylation sites (tertiary alicyclic amines) is 2. The summed E-state index contributed by atoms with van der Waals surface area (Å²) in [5.41, 5.74) is 3.32. The van der Waals surface area contributed by atoms with Gasteiger partial charge >= 0.3 is 6.03 Å². The van der Waals surface area contributed by atoms with Crippen LogP contribution in [0, 0.1) is 12.8 Å². The number of piperidine rings is 1. The Morgan fingerprint density at radius 3 is 2.72 bits per heavy atom. The summed E-state index contributed by atoms with van der Waals surface area (Å²) < 4.78 is 5.41. The number of nitrogens with zero attached hydrogens (tertiary/aromatic N) is 3. The van der Waals surface area contributed by atoms with E-state index in [4.69, 9.17) is 4.52 Å². The molecule has 2 saturated heterocycles. The van der Waals surface area contributed by atoms with Gasteiger partial charge in [0.2, 0.25) is 0 Å². The number of nitrogens with one attached hydrogen (secondary N) is 1. The minimum Gasteiger partial charge on any atom is -0.359 e. The predicted molar refractivity (Wildman–Crippen MR) is 112 cm³/mol. The fourth-order valence-corrected chi connectivity index (χ4v) is 4.44. The number of hydrogen-bond acceptors (Lipinski definition) is 4. The lowest BCUT2D eigenvalue weighted by molar-refractivity contribution is 0.182. The van der Waals surface area contributed by atoms with E-state index >= 15 is 0 Å². The van der Waals surface area contributed by atoms with Crippen LogP contribution in [-0.4, -0.2) is 40.6 Å². The van der Waals surface area contributed by atoms with Gasteiger partial charge in [0.05, 0.1) is 11.7 Å². The number of aryl methyl sites for hydroxylation is 1. The van der Waals surface area contributed by atoms with Crippen LogP contribution in [0.2, 0.25) is 0 Å². The maximum atomic E-state index is 12.8. The smallest absolute Gasteiger partial charge is 0.318 e. The summed E-state index contributed by atoms with van der Waals surface area (Å²) in [6.45, 7) is 8.90. The highest BCUT2D eigenvalue weighted by atomic mass is 16.5. The number of hydrogen-bond donors (Lipinski definition) is 1. The van der Waals surface area contributed by atoms with Gasteiger partial charge in [-0.05, 0) is 62.7 Å². The summed E-state index contributed by atoms with van der Waals surface area (Å²) in [6.07, 6.45) is 4.49. The van der Waals surface area contributed by atoms with E-state index < -0.39 is 0 Å². The zero-order chi connectivity index (χ0) is 20.2. The molecule has 29 heavy (non-hydrogen) atoms. The number of benzene rings is 1. The van der Waals surface area contributed by atoms with Gasteiger partial charge in [-0.15, -0.1) is 0 Å². The number of carbonyl (C=O) groups is 1. The minimum atomic E-state index is -0.0306. The van der Waals surface area contributed by atoms with Crippen molar-refractivity contribution in [1.82, 2.24) is 20.3 Å². The third kappa shape index (κ3) is 4.99. The maximum absolute atomic E-state index is 12.8. The molecule has 2 fully saturated rings. The second-order valence-corrected chi connectivity index (χ2v) is 8.66. The van der Waals surface area contributed by atoms with Crippen molar-refractivity contribution in [2.45, 2.75) is 58.7 Å². The molecule has 0 radical (unpaired) electrons. The number of aromatic nitrogens is 1. The van der Waals surface area contributed by atoms with Crippen LogP contribution in [-0.2, 0) is 13.1 Å². The van der Waals surface area contributed by atoms with E-state index in [9.17, 15) is 4.79 Å². The van der Waals surface area contributed by atoms with Crippen LogP contribution < -0.4 is 5.32 Å². The highest BCUT2D eigenvalue weighted by Gasteiger charge is 2.32. The lowest BCUT2D eigenvalue weighted by Gasteiger charge is -2.30. The normalized spacial score (nSPS) is 20.9. The largest absolute Gasteiger partial charge is 0.359 e. The van der Waals surface area contributed by atoms with Crippen LogP contribution >= 0.6 is 0 Å². The fraction of sp³-hybridized carbons (Fsp3) is 0.565. The summed E-state index contributed by atoms with van der Waals surface area (Å²) in [7, 11) is 0. The third-order valence-corrected chi connectivity index (χ3v) is 6.21. The average Bonchev–Trinajstić information content (AvgIpc) is 3.37. The Balaban J connectivity index is 1.32. The summed E-state index contributed by atoms with van der Waals surface area (Å²) in [5.74, 6) is 1.64. The first-order valence-electron chi connectivity index (χ1n) is 10.9. The fourth-order valence-electron chi connectivity index (χ4n) is 4.44. The van der Waals surface area contributed by atoms with E-state index in [0.717, 1.165) is 48.9 Å². The Labute approximate surface area is 173 Å². The molecule has 6 heteroatoms. The topological polar surface area (TPSA) is 61.6 Å². The number of urea groups is 1. The molecule has 1 aromatic carbocycles. The highest BCUT2D eigenvalue weighted by Crippen LogP contribution is 2.32. The maximum Gasteiger partial charge on any atom is 0.318 e. The van der Waals surface area contributed by atoms with Crippen LogP contribution in [0.5, 0.6) is 0 Å². The average molecular weight is 397 g/mol. The quantitative estimate of drug-likeness (QED) is 0.820. The van der Waals surface area contributed by atoms with E-state index in [2.05, 4.69) is 46.6 Å². The molecule has 3 heterocycles. The second-order valence-electron chi connectivity index (χ2n) is 8.66. The van der Waals surface area contributed by atoms with Gasteiger partial charge in [-0.3, -0.25) is 4.90 Å². The van der Waals surface area contributed by atoms with E-state index in [0.29, 0.717) is 6.54 Å². The van der Waals surface area contributed by atoms with Gasteiger partial charge in [0.1, 0.15) is 0 Å². The van der Waals surface area contributed by atoms with Crippen molar-refractivity contribution in [2.24, 2.45) is 5.92 Å². The Morgan fingerprint density at radius 1 is 1.17 bits per heavy atom. The molecule has 2 aliphatic heterocycles. The summed E-state index contributed by atoms with van der Waals surface area (Å²) in [5, 5.41) is 7.07. The van der Waals surface area contributed by atoms with Crippen LogP contribution in [0.3, 0.4) is 0 Å². The summed E-state index contributed by atoms with van der Waals surface area (Å²) >= 11 is 0. The molecule has 0 spiro atoms. The molecule has 0 aliphatic carbocycles. The standard InChI is InChI=1S/C23H32N4O2/c1-17-8-11-26(12-9-17)16-20-6-3-5-19(14-20)15-24-23(28)27-10-4-7-21(27)22-13-18(2)25-29-22/h3,5-6,13-14,17,21H,4,7-12,15-16H2,1-2H3,(H,24,28). The first-order chi connectivity index (χ1) is 14.1. The Kier molecular flexibility index (Phi) is 6.19. The van der Waals surface area contributed by atoms with Crippen molar-refractivity contribution < 1.29 is 9.32 Å². The van der Waals surface area contributed by atoms with Crippen LogP contribution in [0.15, 0.2) is 34.9 Å². The number of carbonyl (C=O) groups excluding carboxylic acids is 1. The van der Waals surface area contributed by atoms with Crippen molar-refractivity contribution in [3.8, 4) is 0 Å². The van der Waals surface area contributed by atoms with Crippen molar-refractivity contribution in [3.63, 3.8) is 0 Å². The lowest BCUT2D eigenvalue weighted by atomic mass is 9.98. The van der Waals surface area contributed by atoms with Gasteiger partial charge < -0.3 is 14.7 Å². The molecule has 1 aromatic heterocycles. The zero-order valence-electron chi connectivity index (χ0n) is 17.6. The van der Waals surface area contributed by atoms with Crippen LogP contribution in [0.1, 0.15) is 61.2 Å². The Hall–Kier alpha value is -2.34. The highest BCUT2D eigenvalue weighted by molar-refractivity contribution is 5.75. The van der Waals surface area contributed by atoms with Gasteiger partial charge in [0.15, 0.2) is 5.76 Å². The van der Waals surface area contributed by atoms with Gasteiger partial charge in [0, 0.05) is 25.7 Å². The Bertz CT molecular complexity index is 826. The van der Waals surface area contributed by atoms with E-state index in [1.807, 2.05) is 17.9 Å². The van der Waals surface area contributed by atoms with Gasteiger partial charge in [-0.1, -0.05) is 36.3 Å². The number of amides is 2. The predicted octanol–water partition coefficient (Wildman–Crippen LogP) is 4.26. The van der Waals surface area contributed by atoms with E-state index in [-0.39, 0.29) is 12.1 Å². The van der Waals surface area contributed by atoms with Crippen molar-refractivity contribution in [2.75, 3.05) is 19.6 Å². The molecule has 0 saturated carbocycles. The summed E-state index contributed by atoms with van der Waals surface area (Å²) in [6, 6.07) is 10.5. The van der Waals surface area contributed by atoms with Crippen LogP contribution in [0.4, 0.5) is 4.79 Å². The van der Waals surface area contributed by atoms with E-state index in [1.165, 1.54) is 31.5 Å². The monoisotopic (exact) mass is 396 g/mol. The lowest BCUT2D eigenvalue weighted by Crippen LogP contribution is -2.39. The molecule has 4 rings (SSSR count). The molecule has 1 N–H and O–H groups in total. The molecule has 2 amide bonds. The van der Waals surface area contributed by atoms with Gasteiger partial charge in [0.25, 0.3) is 0 Å².